The highest BCUT2D eigenvalue weighted by atomic mass is 127. The van der Waals surface area contributed by atoms with Crippen molar-refractivity contribution in [2.75, 3.05) is 70.9 Å². The summed E-state index contributed by atoms with van der Waals surface area (Å²) in [5.74, 6) is 0. The Kier molecular flexibility index (Phi) is 18.7. The molecular formula is C20H40INO6. The maximum atomic E-state index is 11.8. The van der Waals surface area contributed by atoms with Crippen molar-refractivity contribution in [3.05, 3.63) is 0 Å². The van der Waals surface area contributed by atoms with E-state index in [0.717, 1.165) is 13.0 Å². The molecule has 0 saturated carbocycles. The standard InChI is InChI=1S/C20H40INO6/c1-20(2,3)28-19(23)22(4)10-12-25-14-16-27-18-17-26-15-13-24-11-8-6-5-7-9-21/h5-18H2,1-4H3. The zero-order valence-electron chi connectivity index (χ0n) is 18.2. The zero-order valence-corrected chi connectivity index (χ0v) is 20.3. The average Bonchev–Trinajstić information content (AvgIpc) is 2.62. The van der Waals surface area contributed by atoms with Gasteiger partial charge in [-0.1, -0.05) is 35.4 Å². The van der Waals surface area contributed by atoms with Crippen molar-refractivity contribution < 1.29 is 28.5 Å². The summed E-state index contributed by atoms with van der Waals surface area (Å²) >= 11 is 2.41. The maximum absolute atomic E-state index is 11.8. The van der Waals surface area contributed by atoms with Crippen molar-refractivity contribution in [1.29, 1.82) is 0 Å². The van der Waals surface area contributed by atoms with Gasteiger partial charge in [-0.2, -0.15) is 0 Å². The molecule has 0 aliphatic heterocycles. The molecule has 0 N–H and O–H groups in total. The third-order valence-corrected chi connectivity index (χ3v) is 4.33. The van der Waals surface area contributed by atoms with Gasteiger partial charge in [-0.3, -0.25) is 0 Å². The van der Waals surface area contributed by atoms with Crippen LogP contribution in [0.1, 0.15) is 46.5 Å². The summed E-state index contributed by atoms with van der Waals surface area (Å²) in [6.07, 6.45) is 4.64. The van der Waals surface area contributed by atoms with Crippen LogP contribution in [-0.4, -0.2) is 87.5 Å². The number of amides is 1. The van der Waals surface area contributed by atoms with Crippen LogP contribution in [0.3, 0.4) is 0 Å². The molecule has 168 valence electrons. The van der Waals surface area contributed by atoms with Crippen LogP contribution in [0, 0.1) is 0 Å². The van der Waals surface area contributed by atoms with Crippen molar-refractivity contribution in [2.45, 2.75) is 52.1 Å². The molecule has 0 aliphatic carbocycles. The lowest BCUT2D eigenvalue weighted by Gasteiger charge is -2.24. The summed E-state index contributed by atoms with van der Waals surface area (Å²) < 4.78 is 28.4. The number of rotatable bonds is 18. The molecule has 0 aromatic rings. The van der Waals surface area contributed by atoms with Crippen LogP contribution in [0.25, 0.3) is 0 Å². The number of likely N-dealkylation sites (N-methyl/N-ethyl adjacent to an activating group) is 1. The summed E-state index contributed by atoms with van der Waals surface area (Å²) in [5, 5.41) is 0. The lowest BCUT2D eigenvalue weighted by molar-refractivity contribution is -0.00593. The van der Waals surface area contributed by atoms with E-state index in [4.69, 9.17) is 23.7 Å². The molecule has 7 nitrogen and oxygen atoms in total. The fourth-order valence-corrected chi connectivity index (χ4v) is 2.59. The van der Waals surface area contributed by atoms with Crippen LogP contribution in [-0.2, 0) is 23.7 Å². The first kappa shape index (κ1) is 27.8. The summed E-state index contributed by atoms with van der Waals surface area (Å²) in [7, 11) is 1.70. The van der Waals surface area contributed by atoms with E-state index in [2.05, 4.69) is 22.6 Å². The summed E-state index contributed by atoms with van der Waals surface area (Å²) in [4.78, 5) is 13.3. The Morgan fingerprint density at radius 1 is 0.750 bits per heavy atom. The maximum Gasteiger partial charge on any atom is 0.410 e. The second-order valence-electron chi connectivity index (χ2n) is 7.45. The lowest BCUT2D eigenvalue weighted by Crippen LogP contribution is -2.36. The van der Waals surface area contributed by atoms with Crippen molar-refractivity contribution >= 4 is 28.7 Å². The first-order valence-electron chi connectivity index (χ1n) is 10.2. The van der Waals surface area contributed by atoms with Crippen LogP contribution in [0.4, 0.5) is 4.79 Å². The number of alkyl halides is 1. The minimum Gasteiger partial charge on any atom is -0.444 e. The number of hydrogen-bond acceptors (Lipinski definition) is 6. The van der Waals surface area contributed by atoms with Gasteiger partial charge >= 0.3 is 6.09 Å². The van der Waals surface area contributed by atoms with E-state index in [-0.39, 0.29) is 6.09 Å². The quantitative estimate of drug-likeness (QED) is 0.156. The van der Waals surface area contributed by atoms with Gasteiger partial charge in [0, 0.05) is 20.2 Å². The monoisotopic (exact) mass is 517 g/mol. The number of carbonyl (C=O) groups excluding carboxylic acids is 1. The Balaban J connectivity index is 3.24. The van der Waals surface area contributed by atoms with Crippen LogP contribution in [0.2, 0.25) is 0 Å². The van der Waals surface area contributed by atoms with Gasteiger partial charge in [0.05, 0.1) is 46.2 Å². The van der Waals surface area contributed by atoms with E-state index in [1.54, 1.807) is 7.05 Å². The third kappa shape index (κ3) is 20.6. The van der Waals surface area contributed by atoms with Gasteiger partial charge in [0.15, 0.2) is 0 Å². The van der Waals surface area contributed by atoms with Crippen LogP contribution in [0.15, 0.2) is 0 Å². The minimum absolute atomic E-state index is 0.343. The third-order valence-electron chi connectivity index (χ3n) is 3.56. The van der Waals surface area contributed by atoms with Crippen molar-refractivity contribution in [2.24, 2.45) is 0 Å². The Morgan fingerprint density at radius 3 is 1.71 bits per heavy atom. The largest absolute Gasteiger partial charge is 0.444 e. The van der Waals surface area contributed by atoms with Gasteiger partial charge in [0.25, 0.3) is 0 Å². The number of nitrogens with zero attached hydrogens (tertiary/aromatic N) is 1. The number of unbranched alkanes of at least 4 members (excludes halogenated alkanes) is 3. The van der Waals surface area contributed by atoms with Gasteiger partial charge in [-0.05, 0) is 38.0 Å². The second-order valence-corrected chi connectivity index (χ2v) is 8.53. The number of carbonyl (C=O) groups is 1. The molecule has 1 amide bonds. The highest BCUT2D eigenvalue weighted by Crippen LogP contribution is 2.08. The number of hydrogen-bond donors (Lipinski definition) is 0. The van der Waals surface area contributed by atoms with E-state index in [1.165, 1.54) is 28.6 Å². The highest BCUT2D eigenvalue weighted by molar-refractivity contribution is 14.1. The Morgan fingerprint density at radius 2 is 1.21 bits per heavy atom. The summed E-state index contributed by atoms with van der Waals surface area (Å²) in [5.41, 5.74) is -0.484. The molecule has 0 fully saturated rings. The molecule has 8 heteroatoms. The number of ether oxygens (including phenoxy) is 5. The topological polar surface area (TPSA) is 66.5 Å². The average molecular weight is 517 g/mol. The molecule has 0 saturated heterocycles. The molecule has 0 atom stereocenters. The second kappa shape index (κ2) is 18.8. The Labute approximate surface area is 184 Å². The van der Waals surface area contributed by atoms with Crippen molar-refractivity contribution in [1.82, 2.24) is 4.90 Å². The molecule has 0 heterocycles. The predicted molar refractivity (Wildman–Crippen MR) is 119 cm³/mol. The Hall–Kier alpha value is -0.160. The molecule has 0 aromatic carbocycles. The molecular weight excluding hydrogens is 477 g/mol. The van der Waals surface area contributed by atoms with E-state index in [0.29, 0.717) is 52.8 Å². The van der Waals surface area contributed by atoms with Gasteiger partial charge in [0.1, 0.15) is 5.60 Å². The van der Waals surface area contributed by atoms with E-state index in [1.807, 2.05) is 20.8 Å². The molecule has 0 rings (SSSR count). The predicted octanol–water partition coefficient (Wildman–Crippen LogP) is 3.92. The minimum atomic E-state index is -0.484. The van der Waals surface area contributed by atoms with Crippen LogP contribution in [0.5, 0.6) is 0 Å². The van der Waals surface area contributed by atoms with E-state index < -0.39 is 5.60 Å². The molecule has 0 spiro atoms. The first-order chi connectivity index (χ1) is 13.4. The fraction of sp³-hybridized carbons (Fsp3) is 0.950. The van der Waals surface area contributed by atoms with Gasteiger partial charge in [-0.25, -0.2) is 4.79 Å². The van der Waals surface area contributed by atoms with Crippen molar-refractivity contribution in [3.63, 3.8) is 0 Å². The molecule has 0 aromatic heterocycles. The molecule has 0 unspecified atom stereocenters. The molecule has 0 bridgehead atoms. The van der Waals surface area contributed by atoms with Gasteiger partial charge in [0.2, 0.25) is 0 Å². The fourth-order valence-electron chi connectivity index (χ4n) is 2.05. The summed E-state index contributed by atoms with van der Waals surface area (Å²) in [6.45, 7) is 10.6. The normalized spacial score (nSPS) is 11.6. The lowest BCUT2D eigenvalue weighted by atomic mass is 10.2. The van der Waals surface area contributed by atoms with Gasteiger partial charge in [-0.15, -0.1) is 0 Å². The zero-order chi connectivity index (χ0) is 21.1. The smallest absolute Gasteiger partial charge is 0.410 e. The summed E-state index contributed by atoms with van der Waals surface area (Å²) in [6, 6.07) is 0. The molecule has 0 radical (unpaired) electrons. The van der Waals surface area contributed by atoms with Gasteiger partial charge < -0.3 is 28.6 Å². The van der Waals surface area contributed by atoms with E-state index in [9.17, 15) is 4.79 Å². The SMILES string of the molecule is CN(CCOCCOCCOCCOCCCCCCI)C(=O)OC(C)(C)C. The first-order valence-corrected chi connectivity index (χ1v) is 11.7. The van der Waals surface area contributed by atoms with Crippen LogP contribution >= 0.6 is 22.6 Å². The molecule has 0 aliphatic rings. The Bertz CT molecular complexity index is 365. The molecule has 28 heavy (non-hydrogen) atoms. The van der Waals surface area contributed by atoms with Crippen molar-refractivity contribution in [3.8, 4) is 0 Å². The number of halogens is 1. The van der Waals surface area contributed by atoms with Crippen LogP contribution < -0.4 is 0 Å². The highest BCUT2D eigenvalue weighted by Gasteiger charge is 2.19. The van der Waals surface area contributed by atoms with E-state index >= 15 is 0 Å².